The lowest BCUT2D eigenvalue weighted by atomic mass is 9.90. The summed E-state index contributed by atoms with van der Waals surface area (Å²) in [5.74, 6) is 0.0351. The summed E-state index contributed by atoms with van der Waals surface area (Å²) < 4.78 is 5.32. The summed E-state index contributed by atoms with van der Waals surface area (Å²) in [4.78, 5) is 21.4. The molecular formula is C18H26N4O2. The van der Waals surface area contributed by atoms with Crippen LogP contribution in [0.3, 0.4) is 0 Å². The van der Waals surface area contributed by atoms with Crippen LogP contribution in [0.2, 0.25) is 0 Å². The van der Waals surface area contributed by atoms with Crippen molar-refractivity contribution in [2.24, 2.45) is 5.41 Å². The maximum atomic E-state index is 12.9. The van der Waals surface area contributed by atoms with Gasteiger partial charge in [0, 0.05) is 31.9 Å². The van der Waals surface area contributed by atoms with Crippen molar-refractivity contribution in [2.75, 3.05) is 26.7 Å². The Kier molecular flexibility index (Phi) is 4.34. The molecule has 0 bridgehead atoms. The lowest BCUT2D eigenvalue weighted by Crippen LogP contribution is -2.52. The summed E-state index contributed by atoms with van der Waals surface area (Å²) in [6, 6.07) is 2.08. The molecule has 6 nitrogen and oxygen atoms in total. The van der Waals surface area contributed by atoms with Crippen LogP contribution in [0, 0.1) is 5.41 Å². The fourth-order valence-electron chi connectivity index (χ4n) is 3.23. The van der Waals surface area contributed by atoms with E-state index in [9.17, 15) is 4.79 Å². The molecule has 1 aliphatic heterocycles. The lowest BCUT2D eigenvalue weighted by molar-refractivity contribution is 0.0533. The third kappa shape index (κ3) is 3.43. The zero-order valence-electron chi connectivity index (χ0n) is 15.2. The van der Waals surface area contributed by atoms with E-state index in [0.29, 0.717) is 11.3 Å². The number of amides is 1. The number of fused-ring (bicyclic) bond motifs is 1. The number of likely N-dealkylation sites (N-methyl/N-ethyl adjacent to an activating group) is 1. The highest BCUT2D eigenvalue weighted by molar-refractivity contribution is 5.97. The number of piperazine rings is 1. The van der Waals surface area contributed by atoms with Crippen molar-refractivity contribution in [1.29, 1.82) is 0 Å². The van der Waals surface area contributed by atoms with Crippen LogP contribution in [0.5, 0.6) is 0 Å². The molecule has 0 saturated carbocycles. The predicted molar refractivity (Wildman–Crippen MR) is 93.0 cm³/mol. The number of aromatic nitrogens is 2. The molecule has 0 spiro atoms. The Labute approximate surface area is 142 Å². The summed E-state index contributed by atoms with van der Waals surface area (Å²) in [5, 5.41) is 4.99. The van der Waals surface area contributed by atoms with Gasteiger partial charge in [0.25, 0.3) is 11.6 Å². The molecule has 2 aromatic rings. The van der Waals surface area contributed by atoms with Crippen molar-refractivity contribution in [3.8, 4) is 0 Å². The van der Waals surface area contributed by atoms with Crippen LogP contribution in [0.1, 0.15) is 43.7 Å². The van der Waals surface area contributed by atoms with Crippen molar-refractivity contribution >= 4 is 17.0 Å². The minimum absolute atomic E-state index is 0.0351. The van der Waals surface area contributed by atoms with Crippen molar-refractivity contribution in [2.45, 2.75) is 40.2 Å². The average molecular weight is 330 g/mol. The standard InChI is InChI=1S/C18H26N4O2/c1-12-11-21(5)6-7-22(12)17(23)13-8-14-15(9-18(2,3)4)20-24-16(14)19-10-13/h8,10,12H,6-7,9,11H2,1-5H3/t12-/m1/s1. The molecule has 0 N–H and O–H groups in total. The summed E-state index contributed by atoms with van der Waals surface area (Å²) in [5.41, 5.74) is 2.07. The molecule has 130 valence electrons. The number of carbonyl (C=O) groups is 1. The predicted octanol–water partition coefficient (Wildman–Crippen LogP) is 2.59. The number of hydrogen-bond donors (Lipinski definition) is 0. The van der Waals surface area contributed by atoms with Gasteiger partial charge in [0.1, 0.15) is 0 Å². The maximum absolute atomic E-state index is 12.9. The number of pyridine rings is 1. The quantitative estimate of drug-likeness (QED) is 0.847. The van der Waals surface area contributed by atoms with Crippen molar-refractivity contribution in [3.63, 3.8) is 0 Å². The van der Waals surface area contributed by atoms with Gasteiger partial charge >= 0.3 is 0 Å². The topological polar surface area (TPSA) is 62.5 Å². The summed E-state index contributed by atoms with van der Waals surface area (Å²) in [6.07, 6.45) is 2.38. The van der Waals surface area contributed by atoms with E-state index in [2.05, 4.69) is 49.8 Å². The van der Waals surface area contributed by atoms with Gasteiger partial charge in [0.15, 0.2) is 0 Å². The van der Waals surface area contributed by atoms with E-state index in [1.807, 2.05) is 11.0 Å². The Morgan fingerprint density at radius 1 is 1.38 bits per heavy atom. The summed E-state index contributed by atoms with van der Waals surface area (Å²) >= 11 is 0. The largest absolute Gasteiger partial charge is 0.336 e. The van der Waals surface area contributed by atoms with Gasteiger partial charge in [-0.2, -0.15) is 0 Å². The molecule has 0 aliphatic carbocycles. The van der Waals surface area contributed by atoms with Crippen molar-refractivity contribution in [1.82, 2.24) is 19.9 Å². The first-order chi connectivity index (χ1) is 11.2. The van der Waals surface area contributed by atoms with Gasteiger partial charge in [-0.3, -0.25) is 4.79 Å². The molecule has 1 saturated heterocycles. The van der Waals surface area contributed by atoms with Gasteiger partial charge in [-0.25, -0.2) is 4.98 Å². The first-order valence-electron chi connectivity index (χ1n) is 8.48. The molecular weight excluding hydrogens is 304 g/mol. The van der Waals surface area contributed by atoms with Crippen LogP contribution in [-0.2, 0) is 6.42 Å². The van der Waals surface area contributed by atoms with E-state index in [-0.39, 0.29) is 17.4 Å². The van der Waals surface area contributed by atoms with Gasteiger partial charge in [0.05, 0.1) is 16.6 Å². The second kappa shape index (κ2) is 6.16. The smallest absolute Gasteiger partial charge is 0.257 e. The Bertz CT molecular complexity index is 747. The highest BCUT2D eigenvalue weighted by Crippen LogP contribution is 2.26. The molecule has 0 unspecified atom stereocenters. The molecule has 2 aromatic heterocycles. The first-order valence-corrected chi connectivity index (χ1v) is 8.48. The first kappa shape index (κ1) is 16.9. The minimum Gasteiger partial charge on any atom is -0.336 e. The molecule has 0 radical (unpaired) electrons. The molecule has 1 aliphatic rings. The van der Waals surface area contributed by atoms with Gasteiger partial charge in [0.2, 0.25) is 0 Å². The molecule has 3 rings (SSSR count). The highest BCUT2D eigenvalue weighted by Gasteiger charge is 2.27. The Balaban J connectivity index is 1.89. The molecule has 1 fully saturated rings. The molecule has 3 heterocycles. The third-order valence-corrected chi connectivity index (χ3v) is 4.44. The van der Waals surface area contributed by atoms with Crippen LogP contribution in [0.25, 0.3) is 11.1 Å². The van der Waals surface area contributed by atoms with Gasteiger partial charge < -0.3 is 14.3 Å². The molecule has 6 heteroatoms. The number of nitrogens with zero attached hydrogens (tertiary/aromatic N) is 4. The minimum atomic E-state index is 0.0351. The van der Waals surface area contributed by atoms with Crippen LogP contribution in [0.15, 0.2) is 16.8 Å². The summed E-state index contributed by atoms with van der Waals surface area (Å²) in [7, 11) is 2.09. The van der Waals surface area contributed by atoms with E-state index >= 15 is 0 Å². The van der Waals surface area contributed by atoms with E-state index < -0.39 is 0 Å². The lowest BCUT2D eigenvalue weighted by Gasteiger charge is -2.38. The van der Waals surface area contributed by atoms with Crippen molar-refractivity contribution < 1.29 is 9.32 Å². The Morgan fingerprint density at radius 3 is 2.79 bits per heavy atom. The van der Waals surface area contributed by atoms with E-state index in [4.69, 9.17) is 4.52 Å². The maximum Gasteiger partial charge on any atom is 0.257 e. The van der Waals surface area contributed by atoms with Crippen LogP contribution >= 0.6 is 0 Å². The zero-order chi connectivity index (χ0) is 17.5. The van der Waals surface area contributed by atoms with Gasteiger partial charge in [-0.05, 0) is 31.9 Å². The second-order valence-corrected chi connectivity index (χ2v) is 8.05. The Hall–Kier alpha value is -1.95. The SMILES string of the molecule is C[C@@H]1CN(C)CCN1C(=O)c1cnc2onc(CC(C)(C)C)c2c1. The summed E-state index contributed by atoms with van der Waals surface area (Å²) in [6.45, 7) is 11.1. The Morgan fingerprint density at radius 2 is 2.12 bits per heavy atom. The fourth-order valence-corrected chi connectivity index (χ4v) is 3.23. The van der Waals surface area contributed by atoms with Crippen LogP contribution in [0.4, 0.5) is 0 Å². The molecule has 1 amide bonds. The number of hydrogen-bond acceptors (Lipinski definition) is 5. The monoisotopic (exact) mass is 330 g/mol. The van der Waals surface area contributed by atoms with E-state index in [1.165, 1.54) is 0 Å². The van der Waals surface area contributed by atoms with E-state index in [1.54, 1.807) is 6.20 Å². The number of carbonyl (C=O) groups excluding carboxylic acids is 1. The molecule has 24 heavy (non-hydrogen) atoms. The molecule has 0 aromatic carbocycles. The van der Waals surface area contributed by atoms with Crippen LogP contribution < -0.4 is 0 Å². The highest BCUT2D eigenvalue weighted by atomic mass is 16.5. The van der Waals surface area contributed by atoms with Gasteiger partial charge in [-0.1, -0.05) is 25.9 Å². The zero-order valence-corrected chi connectivity index (χ0v) is 15.2. The van der Waals surface area contributed by atoms with Crippen molar-refractivity contribution in [3.05, 3.63) is 23.5 Å². The second-order valence-electron chi connectivity index (χ2n) is 8.05. The van der Waals surface area contributed by atoms with E-state index in [0.717, 1.165) is 37.1 Å². The molecule has 1 atom stereocenters. The average Bonchev–Trinajstić information content (AvgIpc) is 2.87. The number of rotatable bonds is 2. The normalized spacial score (nSPS) is 19.9. The fraction of sp³-hybridized carbons (Fsp3) is 0.611. The van der Waals surface area contributed by atoms with Gasteiger partial charge in [-0.15, -0.1) is 0 Å². The third-order valence-electron chi connectivity index (χ3n) is 4.44. The van der Waals surface area contributed by atoms with Crippen LogP contribution in [-0.4, -0.2) is 58.6 Å².